The smallest absolute Gasteiger partial charge is 0.246 e. The Bertz CT molecular complexity index is 517. The first-order valence-electron chi connectivity index (χ1n) is 7.55. The van der Waals surface area contributed by atoms with Crippen LogP contribution in [0.3, 0.4) is 0 Å². The summed E-state index contributed by atoms with van der Waals surface area (Å²) in [6.07, 6.45) is 5.94. The molecule has 0 bridgehead atoms. The van der Waals surface area contributed by atoms with Crippen molar-refractivity contribution in [2.24, 2.45) is 5.92 Å². The summed E-state index contributed by atoms with van der Waals surface area (Å²) in [5, 5.41) is 6.30. The molecule has 3 unspecified atom stereocenters. The first kappa shape index (κ1) is 13.6. The van der Waals surface area contributed by atoms with Crippen molar-refractivity contribution in [2.75, 3.05) is 5.32 Å². The summed E-state index contributed by atoms with van der Waals surface area (Å²) in [5.41, 5.74) is 1.48. The number of hydrogen-bond acceptors (Lipinski definition) is 2. The van der Waals surface area contributed by atoms with Crippen LogP contribution in [0.1, 0.15) is 50.6 Å². The van der Waals surface area contributed by atoms with Gasteiger partial charge in [-0.1, -0.05) is 26.2 Å². The molecule has 0 saturated heterocycles. The third-order valence-corrected chi connectivity index (χ3v) is 4.66. The lowest BCUT2D eigenvalue weighted by Crippen LogP contribution is -2.42. The molecule has 1 aromatic rings. The van der Waals surface area contributed by atoms with Crippen molar-refractivity contribution in [1.29, 1.82) is 0 Å². The second-order valence-electron chi connectivity index (χ2n) is 5.88. The SMILES string of the molecule is CCC1CCCCC1NC1C(=O)Nc2ccc(F)cc21. The first-order chi connectivity index (χ1) is 9.69. The van der Waals surface area contributed by atoms with E-state index in [-0.39, 0.29) is 11.7 Å². The van der Waals surface area contributed by atoms with Gasteiger partial charge in [-0.25, -0.2) is 4.39 Å². The number of rotatable bonds is 3. The Labute approximate surface area is 118 Å². The average Bonchev–Trinajstić information content (AvgIpc) is 2.76. The third-order valence-electron chi connectivity index (χ3n) is 4.66. The molecule has 1 heterocycles. The average molecular weight is 276 g/mol. The van der Waals surface area contributed by atoms with E-state index in [2.05, 4.69) is 17.6 Å². The largest absolute Gasteiger partial charge is 0.324 e. The van der Waals surface area contributed by atoms with Crippen molar-refractivity contribution in [1.82, 2.24) is 5.32 Å². The molecule has 2 aliphatic rings. The van der Waals surface area contributed by atoms with Crippen molar-refractivity contribution in [2.45, 2.75) is 51.1 Å². The molecule has 1 fully saturated rings. The van der Waals surface area contributed by atoms with Gasteiger partial charge < -0.3 is 5.32 Å². The van der Waals surface area contributed by atoms with E-state index in [1.165, 1.54) is 31.4 Å². The van der Waals surface area contributed by atoms with Gasteiger partial charge >= 0.3 is 0 Å². The van der Waals surface area contributed by atoms with Crippen LogP contribution < -0.4 is 10.6 Å². The van der Waals surface area contributed by atoms with Crippen molar-refractivity contribution >= 4 is 11.6 Å². The highest BCUT2D eigenvalue weighted by atomic mass is 19.1. The number of halogens is 1. The van der Waals surface area contributed by atoms with Crippen LogP contribution in [-0.2, 0) is 4.79 Å². The Kier molecular flexibility index (Phi) is 3.74. The van der Waals surface area contributed by atoms with Gasteiger partial charge in [0.1, 0.15) is 11.9 Å². The summed E-state index contributed by atoms with van der Waals surface area (Å²) in [7, 11) is 0. The Morgan fingerprint density at radius 2 is 2.15 bits per heavy atom. The van der Waals surface area contributed by atoms with Crippen LogP contribution in [-0.4, -0.2) is 11.9 Å². The molecular formula is C16H21FN2O. The Morgan fingerprint density at radius 3 is 2.95 bits per heavy atom. The Balaban J connectivity index is 1.80. The van der Waals surface area contributed by atoms with Gasteiger partial charge in [-0.05, 0) is 37.0 Å². The minimum atomic E-state index is -0.405. The summed E-state index contributed by atoms with van der Waals surface area (Å²) >= 11 is 0. The number of benzene rings is 1. The molecule has 3 atom stereocenters. The van der Waals surface area contributed by atoms with Crippen LogP contribution in [0, 0.1) is 11.7 Å². The van der Waals surface area contributed by atoms with Crippen molar-refractivity contribution < 1.29 is 9.18 Å². The molecule has 108 valence electrons. The second-order valence-corrected chi connectivity index (χ2v) is 5.88. The van der Waals surface area contributed by atoms with E-state index in [1.54, 1.807) is 6.07 Å². The molecule has 20 heavy (non-hydrogen) atoms. The maximum absolute atomic E-state index is 13.4. The van der Waals surface area contributed by atoms with Crippen molar-refractivity contribution in [3.63, 3.8) is 0 Å². The first-order valence-corrected chi connectivity index (χ1v) is 7.55. The highest BCUT2D eigenvalue weighted by molar-refractivity contribution is 6.02. The molecule has 0 aromatic heterocycles. The quantitative estimate of drug-likeness (QED) is 0.888. The van der Waals surface area contributed by atoms with Gasteiger partial charge in [0, 0.05) is 17.3 Å². The lowest BCUT2D eigenvalue weighted by Gasteiger charge is -2.33. The molecule has 0 radical (unpaired) electrons. The van der Waals surface area contributed by atoms with E-state index in [4.69, 9.17) is 0 Å². The van der Waals surface area contributed by atoms with Gasteiger partial charge in [0.25, 0.3) is 0 Å². The van der Waals surface area contributed by atoms with E-state index in [0.29, 0.717) is 12.0 Å². The fourth-order valence-electron chi connectivity index (χ4n) is 3.53. The fourth-order valence-corrected chi connectivity index (χ4v) is 3.53. The van der Waals surface area contributed by atoms with Crippen molar-refractivity contribution in [3.05, 3.63) is 29.6 Å². The van der Waals surface area contributed by atoms with Crippen LogP contribution in [0.15, 0.2) is 18.2 Å². The van der Waals surface area contributed by atoms with E-state index in [1.807, 2.05) is 0 Å². The van der Waals surface area contributed by atoms with Gasteiger partial charge in [0.05, 0.1) is 0 Å². The molecule has 1 amide bonds. The standard InChI is InChI=1S/C16H21FN2O/c1-2-10-5-3-4-6-13(10)18-15-12-9-11(17)7-8-14(12)19-16(15)20/h7-10,13,15,18H,2-6H2,1H3,(H,19,20). The zero-order chi connectivity index (χ0) is 14.1. The molecule has 4 heteroatoms. The zero-order valence-electron chi connectivity index (χ0n) is 11.8. The summed E-state index contributed by atoms with van der Waals surface area (Å²) in [5.74, 6) is 0.267. The van der Waals surface area contributed by atoms with E-state index >= 15 is 0 Å². The molecule has 2 N–H and O–H groups in total. The van der Waals surface area contributed by atoms with Crippen LogP contribution in [0.2, 0.25) is 0 Å². The molecule has 1 aliphatic heterocycles. The van der Waals surface area contributed by atoms with E-state index in [0.717, 1.165) is 24.1 Å². The van der Waals surface area contributed by atoms with Gasteiger partial charge in [-0.15, -0.1) is 0 Å². The normalized spacial score (nSPS) is 29.1. The number of carbonyl (C=O) groups is 1. The fraction of sp³-hybridized carbons (Fsp3) is 0.562. The Hall–Kier alpha value is -1.42. The molecule has 1 saturated carbocycles. The van der Waals surface area contributed by atoms with Gasteiger partial charge in [-0.3, -0.25) is 10.1 Å². The zero-order valence-corrected chi connectivity index (χ0v) is 11.8. The molecule has 3 rings (SSSR count). The highest BCUT2D eigenvalue weighted by Crippen LogP contribution is 2.34. The number of hydrogen-bond donors (Lipinski definition) is 2. The number of nitrogens with one attached hydrogen (secondary N) is 2. The summed E-state index contributed by atoms with van der Waals surface area (Å²) in [6.45, 7) is 2.20. The number of amides is 1. The monoisotopic (exact) mass is 276 g/mol. The minimum absolute atomic E-state index is 0.0639. The lowest BCUT2D eigenvalue weighted by molar-refractivity contribution is -0.118. The summed E-state index contributed by atoms with van der Waals surface area (Å²) in [6, 6.07) is 4.45. The molecular weight excluding hydrogens is 255 g/mol. The molecule has 1 aromatic carbocycles. The lowest BCUT2D eigenvalue weighted by atomic mass is 9.82. The molecule has 0 spiro atoms. The number of carbonyl (C=O) groups excluding carboxylic acids is 1. The van der Waals surface area contributed by atoms with Gasteiger partial charge in [-0.2, -0.15) is 0 Å². The third kappa shape index (κ3) is 2.44. The predicted molar refractivity (Wildman–Crippen MR) is 76.9 cm³/mol. The van der Waals surface area contributed by atoms with E-state index in [9.17, 15) is 9.18 Å². The van der Waals surface area contributed by atoms with Crippen LogP contribution in [0.4, 0.5) is 10.1 Å². The maximum atomic E-state index is 13.4. The van der Waals surface area contributed by atoms with Crippen LogP contribution in [0.25, 0.3) is 0 Å². The van der Waals surface area contributed by atoms with E-state index < -0.39 is 6.04 Å². The predicted octanol–water partition coefficient (Wildman–Crippen LogP) is 3.38. The maximum Gasteiger partial charge on any atom is 0.246 e. The summed E-state index contributed by atoms with van der Waals surface area (Å²) in [4.78, 5) is 12.1. The minimum Gasteiger partial charge on any atom is -0.324 e. The topological polar surface area (TPSA) is 41.1 Å². The second kappa shape index (κ2) is 5.52. The molecule has 3 nitrogen and oxygen atoms in total. The summed E-state index contributed by atoms with van der Waals surface area (Å²) < 4.78 is 13.4. The highest BCUT2D eigenvalue weighted by Gasteiger charge is 2.34. The van der Waals surface area contributed by atoms with Crippen LogP contribution >= 0.6 is 0 Å². The van der Waals surface area contributed by atoms with Crippen molar-refractivity contribution in [3.8, 4) is 0 Å². The van der Waals surface area contributed by atoms with Gasteiger partial charge in [0.15, 0.2) is 0 Å². The molecule has 1 aliphatic carbocycles. The number of anilines is 1. The Morgan fingerprint density at radius 1 is 1.35 bits per heavy atom. The van der Waals surface area contributed by atoms with Crippen LogP contribution in [0.5, 0.6) is 0 Å². The number of fused-ring (bicyclic) bond motifs is 1. The van der Waals surface area contributed by atoms with Gasteiger partial charge in [0.2, 0.25) is 5.91 Å².